The molecule has 3 aliphatic rings. The number of nitrogens with zero attached hydrogens (tertiary/aromatic N) is 3. The minimum absolute atomic E-state index is 0.0316. The van der Waals surface area contributed by atoms with E-state index >= 15 is 0 Å². The molecule has 2 amide bonds. The molecule has 2 aliphatic heterocycles. The third-order valence-corrected chi connectivity index (χ3v) is 7.75. The van der Waals surface area contributed by atoms with E-state index in [1.165, 1.54) is 17.2 Å². The summed E-state index contributed by atoms with van der Waals surface area (Å²) in [6, 6.07) is 15.5. The Hall–Kier alpha value is -4.66. The fourth-order valence-corrected chi connectivity index (χ4v) is 5.91. The second kappa shape index (κ2) is 8.17. The molecule has 2 aromatic heterocycles. The van der Waals surface area contributed by atoms with Gasteiger partial charge < -0.3 is 15.5 Å². The first-order valence-electron chi connectivity index (χ1n) is 12.3. The molecule has 7 rings (SSSR count). The van der Waals surface area contributed by atoms with Gasteiger partial charge in [0.15, 0.2) is 11.6 Å². The third-order valence-electron chi connectivity index (χ3n) is 7.75. The van der Waals surface area contributed by atoms with Crippen LogP contribution in [0.25, 0.3) is 0 Å². The van der Waals surface area contributed by atoms with Gasteiger partial charge in [0, 0.05) is 41.3 Å². The van der Waals surface area contributed by atoms with E-state index in [1.54, 1.807) is 18.3 Å². The van der Waals surface area contributed by atoms with E-state index in [0.29, 0.717) is 35.7 Å². The fraction of sp³-hybridized carbons (Fsp3) is 0.172. The Balaban J connectivity index is 1.13. The second-order valence-corrected chi connectivity index (χ2v) is 9.89. The quantitative estimate of drug-likeness (QED) is 0.419. The number of carbonyl (C=O) groups excluding carboxylic acids is 2. The van der Waals surface area contributed by atoms with Gasteiger partial charge in [0.1, 0.15) is 11.6 Å². The first-order valence-corrected chi connectivity index (χ1v) is 12.3. The molecule has 4 heterocycles. The van der Waals surface area contributed by atoms with Crippen LogP contribution >= 0.6 is 0 Å². The molecule has 9 heteroatoms. The van der Waals surface area contributed by atoms with Crippen molar-refractivity contribution in [2.45, 2.75) is 24.7 Å². The number of nitrogens with one attached hydrogen (secondary N) is 2. The van der Waals surface area contributed by atoms with Gasteiger partial charge in [0.2, 0.25) is 5.91 Å². The number of aromatic nitrogens is 2. The van der Waals surface area contributed by atoms with Crippen molar-refractivity contribution in [1.82, 2.24) is 9.97 Å². The van der Waals surface area contributed by atoms with Gasteiger partial charge in [-0.3, -0.25) is 9.59 Å². The number of hydrogen-bond acceptors (Lipinski definition) is 5. The van der Waals surface area contributed by atoms with Crippen LogP contribution in [0.3, 0.4) is 0 Å². The lowest BCUT2D eigenvalue weighted by atomic mass is 9.79. The summed E-state index contributed by atoms with van der Waals surface area (Å²) in [7, 11) is 0. The molecule has 4 aromatic rings. The Bertz CT molecular complexity index is 1670. The topological polar surface area (TPSA) is 87.2 Å². The lowest BCUT2D eigenvalue weighted by Crippen LogP contribution is -2.35. The van der Waals surface area contributed by atoms with Gasteiger partial charge in [-0.1, -0.05) is 12.1 Å². The number of halogens is 2. The molecule has 1 aliphatic carbocycles. The van der Waals surface area contributed by atoms with Crippen LogP contribution in [-0.2, 0) is 29.5 Å². The summed E-state index contributed by atoms with van der Waals surface area (Å²) in [5, 5.41) is 6.18. The largest absolute Gasteiger partial charge is 0.340 e. The normalized spacial score (nSPS) is 18.8. The summed E-state index contributed by atoms with van der Waals surface area (Å²) in [6.45, 7) is 0.276. The number of anilines is 4. The molecule has 0 bridgehead atoms. The fourth-order valence-electron chi connectivity index (χ4n) is 5.91. The lowest BCUT2D eigenvalue weighted by molar-refractivity contribution is -0.120. The van der Waals surface area contributed by atoms with E-state index in [-0.39, 0.29) is 30.3 Å². The van der Waals surface area contributed by atoms with Crippen LogP contribution < -0.4 is 15.5 Å². The summed E-state index contributed by atoms with van der Waals surface area (Å²) in [6.07, 6.45) is 4.65. The van der Waals surface area contributed by atoms with E-state index in [9.17, 15) is 18.4 Å². The van der Waals surface area contributed by atoms with Crippen LogP contribution in [0.2, 0.25) is 0 Å². The van der Waals surface area contributed by atoms with E-state index in [4.69, 9.17) is 0 Å². The predicted molar refractivity (Wildman–Crippen MR) is 138 cm³/mol. The number of carbonyl (C=O) groups is 2. The minimum atomic E-state index is -0.914. The highest BCUT2D eigenvalue weighted by molar-refractivity contribution is 6.08. The predicted octanol–water partition coefficient (Wildman–Crippen LogP) is 4.69. The molecule has 1 atom stereocenters. The van der Waals surface area contributed by atoms with Crippen LogP contribution in [-0.4, -0.2) is 28.3 Å². The van der Waals surface area contributed by atoms with Gasteiger partial charge in [-0.05, 0) is 72.9 Å². The second-order valence-electron chi connectivity index (χ2n) is 9.89. The zero-order valence-electron chi connectivity index (χ0n) is 20.1. The van der Waals surface area contributed by atoms with Crippen molar-refractivity contribution in [3.8, 4) is 0 Å². The summed E-state index contributed by atoms with van der Waals surface area (Å²) >= 11 is 0. The Labute approximate surface area is 216 Å². The number of amides is 2. The SMILES string of the molecule is O=C(c1ccnc(Nc2ccc3c(c2)CC2(C3)C(=O)Nc3ncccc32)c1)N1CCc2c1ccc(F)c2F. The Morgan fingerprint density at radius 3 is 2.76 bits per heavy atom. The molecule has 0 saturated heterocycles. The van der Waals surface area contributed by atoms with Gasteiger partial charge in [-0.2, -0.15) is 0 Å². The van der Waals surface area contributed by atoms with Crippen molar-refractivity contribution < 1.29 is 18.4 Å². The number of benzene rings is 2. The van der Waals surface area contributed by atoms with Crippen LogP contribution in [0.4, 0.5) is 31.8 Å². The smallest absolute Gasteiger partial charge is 0.258 e. The standard InChI is InChI=1S/C29H21F2N5O2/c30-22-5-6-23-20(25(22)31)8-11-36(23)27(37)16-7-10-32-24(13-16)34-19-4-3-17-14-29(15-18(17)12-19)21-2-1-9-33-26(21)35-28(29)38/h1-7,9-10,12-13H,8,11,14-15H2,(H,32,34)(H,33,35,38). The average Bonchev–Trinajstić information content (AvgIpc) is 3.60. The third kappa shape index (κ3) is 3.31. The lowest BCUT2D eigenvalue weighted by Gasteiger charge is -2.20. The molecule has 1 unspecified atom stereocenters. The van der Waals surface area contributed by atoms with Crippen molar-refractivity contribution in [3.63, 3.8) is 0 Å². The maximum atomic E-state index is 14.2. The minimum Gasteiger partial charge on any atom is -0.340 e. The van der Waals surface area contributed by atoms with Crippen LogP contribution in [0.5, 0.6) is 0 Å². The molecule has 2 aromatic carbocycles. The number of pyridine rings is 2. The zero-order chi connectivity index (χ0) is 26.0. The number of rotatable bonds is 3. The number of hydrogen-bond donors (Lipinski definition) is 2. The van der Waals surface area contributed by atoms with Crippen molar-refractivity contribution >= 4 is 34.8 Å². The van der Waals surface area contributed by atoms with Crippen LogP contribution in [0.1, 0.15) is 32.6 Å². The molecule has 0 fully saturated rings. The molecule has 0 saturated carbocycles. The molecule has 0 radical (unpaired) electrons. The van der Waals surface area contributed by atoms with Crippen molar-refractivity contribution in [3.05, 3.63) is 106 Å². The van der Waals surface area contributed by atoms with Gasteiger partial charge in [0.05, 0.1) is 11.1 Å². The zero-order valence-corrected chi connectivity index (χ0v) is 20.1. The summed E-state index contributed by atoms with van der Waals surface area (Å²) in [5.41, 5.74) is 4.22. The summed E-state index contributed by atoms with van der Waals surface area (Å²) in [5.74, 6) is -1.05. The van der Waals surface area contributed by atoms with Gasteiger partial charge in [-0.25, -0.2) is 18.7 Å². The summed E-state index contributed by atoms with van der Waals surface area (Å²) in [4.78, 5) is 36.4. The highest BCUT2D eigenvalue weighted by Crippen LogP contribution is 2.47. The molecule has 188 valence electrons. The van der Waals surface area contributed by atoms with Gasteiger partial charge in [-0.15, -0.1) is 0 Å². The van der Waals surface area contributed by atoms with Crippen molar-refractivity contribution in [2.75, 3.05) is 22.1 Å². The monoisotopic (exact) mass is 509 g/mol. The van der Waals surface area contributed by atoms with E-state index in [1.807, 2.05) is 30.3 Å². The molecule has 2 N–H and O–H groups in total. The molecule has 38 heavy (non-hydrogen) atoms. The molecule has 7 nitrogen and oxygen atoms in total. The van der Waals surface area contributed by atoms with Gasteiger partial charge in [0.25, 0.3) is 5.91 Å². The van der Waals surface area contributed by atoms with E-state index in [2.05, 4.69) is 20.6 Å². The van der Waals surface area contributed by atoms with Gasteiger partial charge >= 0.3 is 0 Å². The van der Waals surface area contributed by atoms with Crippen LogP contribution in [0.15, 0.2) is 67.0 Å². The Kier molecular flexibility index (Phi) is 4.85. The first kappa shape index (κ1) is 22.5. The number of fused-ring (bicyclic) bond motifs is 4. The maximum absolute atomic E-state index is 14.2. The Morgan fingerprint density at radius 2 is 1.87 bits per heavy atom. The van der Waals surface area contributed by atoms with Crippen LogP contribution in [0, 0.1) is 11.6 Å². The molecular weight excluding hydrogens is 488 g/mol. The Morgan fingerprint density at radius 1 is 1.00 bits per heavy atom. The van der Waals surface area contributed by atoms with Crippen molar-refractivity contribution in [1.29, 1.82) is 0 Å². The summed E-state index contributed by atoms with van der Waals surface area (Å²) < 4.78 is 27.8. The average molecular weight is 510 g/mol. The maximum Gasteiger partial charge on any atom is 0.258 e. The first-order chi connectivity index (χ1) is 18.4. The van der Waals surface area contributed by atoms with Crippen molar-refractivity contribution in [2.24, 2.45) is 0 Å². The molecular formula is C29H21F2N5O2. The molecule has 1 spiro atoms. The van der Waals surface area contributed by atoms with E-state index < -0.39 is 17.0 Å². The highest BCUT2D eigenvalue weighted by atomic mass is 19.2. The highest BCUT2D eigenvalue weighted by Gasteiger charge is 2.51. The van der Waals surface area contributed by atoms with E-state index in [0.717, 1.165) is 28.4 Å².